The molecular formula is C20H21FN2O2. The summed E-state index contributed by atoms with van der Waals surface area (Å²) in [6.45, 7) is 1.90. The van der Waals surface area contributed by atoms with Gasteiger partial charge in [0.1, 0.15) is 11.6 Å². The summed E-state index contributed by atoms with van der Waals surface area (Å²) >= 11 is 0. The average molecular weight is 340 g/mol. The van der Waals surface area contributed by atoms with Gasteiger partial charge in [0.2, 0.25) is 0 Å². The van der Waals surface area contributed by atoms with Crippen LogP contribution < -0.4 is 10.1 Å². The second-order valence-corrected chi connectivity index (χ2v) is 5.96. The maximum absolute atomic E-state index is 13.7. The van der Waals surface area contributed by atoms with E-state index in [4.69, 9.17) is 4.74 Å². The molecule has 0 aliphatic carbocycles. The van der Waals surface area contributed by atoms with Crippen LogP contribution in [0.5, 0.6) is 5.75 Å². The summed E-state index contributed by atoms with van der Waals surface area (Å²) in [5.41, 5.74) is 2.08. The van der Waals surface area contributed by atoms with Crippen molar-refractivity contribution in [3.63, 3.8) is 0 Å². The van der Waals surface area contributed by atoms with Crippen LogP contribution in [0.2, 0.25) is 0 Å². The number of ether oxygens (including phenoxy) is 1. The number of amides is 1. The molecule has 0 bridgehead atoms. The Morgan fingerprint density at radius 2 is 1.96 bits per heavy atom. The highest BCUT2D eigenvalue weighted by atomic mass is 19.1. The van der Waals surface area contributed by atoms with Crippen LogP contribution >= 0.6 is 0 Å². The van der Waals surface area contributed by atoms with Gasteiger partial charge in [0, 0.05) is 30.8 Å². The number of para-hydroxylation sites is 2. The summed E-state index contributed by atoms with van der Waals surface area (Å²) in [4.78, 5) is 14.6. The van der Waals surface area contributed by atoms with Crippen LogP contribution in [0.1, 0.15) is 12.0 Å². The first-order chi connectivity index (χ1) is 12.2. The Hall–Kier alpha value is -2.66. The minimum Gasteiger partial charge on any atom is -0.495 e. The van der Waals surface area contributed by atoms with Gasteiger partial charge in [0.25, 0.3) is 5.91 Å². The lowest BCUT2D eigenvalue weighted by Crippen LogP contribution is -2.31. The number of hydrogen-bond acceptors (Lipinski definition) is 3. The molecule has 0 unspecified atom stereocenters. The number of carbonyl (C=O) groups excluding carboxylic acids is 1. The molecule has 4 nitrogen and oxygen atoms in total. The Balaban J connectivity index is 1.61. The zero-order valence-corrected chi connectivity index (χ0v) is 14.2. The van der Waals surface area contributed by atoms with Gasteiger partial charge < -0.3 is 10.1 Å². The largest absolute Gasteiger partial charge is 0.495 e. The van der Waals surface area contributed by atoms with Gasteiger partial charge in [-0.1, -0.05) is 36.4 Å². The molecule has 3 rings (SSSR count). The van der Waals surface area contributed by atoms with Crippen molar-refractivity contribution in [3.05, 3.63) is 71.6 Å². The normalized spacial score (nSPS) is 14.7. The molecule has 0 spiro atoms. The Labute approximate surface area is 146 Å². The predicted molar refractivity (Wildman–Crippen MR) is 96.0 cm³/mol. The smallest absolute Gasteiger partial charge is 0.251 e. The van der Waals surface area contributed by atoms with Crippen LogP contribution in [0, 0.1) is 5.82 Å². The number of benzene rings is 2. The number of hydrogen-bond donors (Lipinski definition) is 1. The molecule has 1 aliphatic rings. The molecule has 2 aromatic rings. The first-order valence-corrected chi connectivity index (χ1v) is 8.26. The molecule has 1 aliphatic heterocycles. The van der Waals surface area contributed by atoms with Gasteiger partial charge >= 0.3 is 0 Å². The first kappa shape index (κ1) is 17.2. The molecule has 0 saturated heterocycles. The summed E-state index contributed by atoms with van der Waals surface area (Å²) in [5, 5.41) is 2.89. The highest BCUT2D eigenvalue weighted by Gasteiger charge is 2.18. The predicted octanol–water partition coefficient (Wildman–Crippen LogP) is 3.61. The van der Waals surface area contributed by atoms with Gasteiger partial charge in [-0.25, -0.2) is 4.39 Å². The molecule has 5 heteroatoms. The quantitative estimate of drug-likeness (QED) is 0.904. The van der Waals surface area contributed by atoms with Crippen molar-refractivity contribution in [3.8, 4) is 5.75 Å². The van der Waals surface area contributed by atoms with Crippen molar-refractivity contribution >= 4 is 11.6 Å². The first-order valence-electron chi connectivity index (χ1n) is 8.26. The standard InChI is InChI=1S/C20H21FN2O2/c1-25-19-9-5-4-8-18(19)22-20(24)15-10-12-23(13-11-15)14-16-6-2-3-7-17(16)21/h2-10H,11-14H2,1H3,(H,22,24). The van der Waals surface area contributed by atoms with Crippen molar-refractivity contribution < 1.29 is 13.9 Å². The van der Waals surface area contributed by atoms with Gasteiger partial charge in [-0.05, 0) is 24.6 Å². The van der Waals surface area contributed by atoms with E-state index in [1.807, 2.05) is 30.3 Å². The van der Waals surface area contributed by atoms with E-state index in [9.17, 15) is 9.18 Å². The second-order valence-electron chi connectivity index (χ2n) is 5.96. The van der Waals surface area contributed by atoms with Crippen LogP contribution in [0.3, 0.4) is 0 Å². The zero-order chi connectivity index (χ0) is 17.6. The van der Waals surface area contributed by atoms with Crippen molar-refractivity contribution in [2.24, 2.45) is 0 Å². The van der Waals surface area contributed by atoms with Crippen LogP contribution in [0.15, 0.2) is 60.2 Å². The molecule has 1 heterocycles. The van der Waals surface area contributed by atoms with Gasteiger partial charge in [-0.2, -0.15) is 0 Å². The van der Waals surface area contributed by atoms with E-state index in [0.29, 0.717) is 36.5 Å². The Morgan fingerprint density at radius 3 is 2.68 bits per heavy atom. The fourth-order valence-corrected chi connectivity index (χ4v) is 2.88. The van der Waals surface area contributed by atoms with Gasteiger partial charge in [-0.15, -0.1) is 0 Å². The van der Waals surface area contributed by atoms with Crippen LogP contribution in [0.25, 0.3) is 0 Å². The Bertz CT molecular complexity index is 789. The molecule has 1 amide bonds. The molecular weight excluding hydrogens is 319 g/mol. The maximum Gasteiger partial charge on any atom is 0.251 e. The molecule has 0 radical (unpaired) electrons. The van der Waals surface area contributed by atoms with Gasteiger partial charge in [0.05, 0.1) is 12.8 Å². The third-order valence-electron chi connectivity index (χ3n) is 4.29. The monoisotopic (exact) mass is 340 g/mol. The second kappa shape index (κ2) is 7.94. The highest BCUT2D eigenvalue weighted by Crippen LogP contribution is 2.24. The SMILES string of the molecule is COc1ccccc1NC(=O)C1=CCN(Cc2ccccc2F)CC1. The summed E-state index contributed by atoms with van der Waals surface area (Å²) < 4.78 is 19.0. The fourth-order valence-electron chi connectivity index (χ4n) is 2.88. The van der Waals surface area contributed by atoms with E-state index in [1.54, 1.807) is 25.3 Å². The minimum absolute atomic E-state index is 0.116. The summed E-state index contributed by atoms with van der Waals surface area (Å²) in [6.07, 6.45) is 2.55. The lowest BCUT2D eigenvalue weighted by atomic mass is 10.1. The number of carbonyl (C=O) groups is 1. The molecule has 2 aromatic carbocycles. The van der Waals surface area contributed by atoms with Crippen molar-refractivity contribution in [2.45, 2.75) is 13.0 Å². The molecule has 0 aromatic heterocycles. The number of nitrogens with one attached hydrogen (secondary N) is 1. The number of anilines is 1. The van der Waals surface area contributed by atoms with E-state index >= 15 is 0 Å². The number of rotatable bonds is 5. The van der Waals surface area contributed by atoms with E-state index in [2.05, 4.69) is 10.2 Å². The fraction of sp³-hybridized carbons (Fsp3) is 0.250. The van der Waals surface area contributed by atoms with Crippen LogP contribution in [0.4, 0.5) is 10.1 Å². The number of halogens is 1. The van der Waals surface area contributed by atoms with Crippen LogP contribution in [-0.2, 0) is 11.3 Å². The Morgan fingerprint density at radius 1 is 1.20 bits per heavy atom. The van der Waals surface area contributed by atoms with Crippen molar-refractivity contribution in [2.75, 3.05) is 25.5 Å². The van der Waals surface area contributed by atoms with E-state index < -0.39 is 0 Å². The third-order valence-corrected chi connectivity index (χ3v) is 4.29. The van der Waals surface area contributed by atoms with Gasteiger partial charge in [0.15, 0.2) is 0 Å². The molecule has 0 fully saturated rings. The molecule has 25 heavy (non-hydrogen) atoms. The molecule has 130 valence electrons. The van der Waals surface area contributed by atoms with Gasteiger partial charge in [-0.3, -0.25) is 9.69 Å². The highest BCUT2D eigenvalue weighted by molar-refractivity contribution is 6.04. The third kappa shape index (κ3) is 4.25. The van der Waals surface area contributed by atoms with E-state index in [0.717, 1.165) is 12.1 Å². The van der Waals surface area contributed by atoms with Crippen molar-refractivity contribution in [1.82, 2.24) is 4.90 Å². The topological polar surface area (TPSA) is 41.6 Å². The summed E-state index contributed by atoms with van der Waals surface area (Å²) in [6, 6.07) is 14.1. The maximum atomic E-state index is 13.7. The summed E-state index contributed by atoms with van der Waals surface area (Å²) in [5.74, 6) is 0.328. The van der Waals surface area contributed by atoms with E-state index in [1.165, 1.54) is 6.07 Å². The van der Waals surface area contributed by atoms with E-state index in [-0.39, 0.29) is 11.7 Å². The molecule has 1 N–H and O–H groups in total. The van der Waals surface area contributed by atoms with Crippen LogP contribution in [-0.4, -0.2) is 31.0 Å². The number of nitrogens with zero attached hydrogens (tertiary/aromatic N) is 1. The summed E-state index contributed by atoms with van der Waals surface area (Å²) in [7, 11) is 1.57. The lowest BCUT2D eigenvalue weighted by molar-refractivity contribution is -0.113. The average Bonchev–Trinajstić information content (AvgIpc) is 2.64. The molecule has 0 saturated carbocycles. The lowest BCUT2D eigenvalue weighted by Gasteiger charge is -2.26. The van der Waals surface area contributed by atoms with Crippen molar-refractivity contribution in [1.29, 1.82) is 0 Å². The Kier molecular flexibility index (Phi) is 5.46. The molecule has 0 atom stereocenters. The number of methoxy groups -OCH3 is 1. The minimum atomic E-state index is -0.189. The zero-order valence-electron chi connectivity index (χ0n) is 14.2.